The van der Waals surface area contributed by atoms with Gasteiger partial charge in [0.05, 0.1) is 18.2 Å². The summed E-state index contributed by atoms with van der Waals surface area (Å²) >= 11 is 0. The van der Waals surface area contributed by atoms with Crippen LogP contribution in [-0.4, -0.2) is 37.0 Å². The van der Waals surface area contributed by atoms with Crippen molar-refractivity contribution >= 4 is 11.8 Å². The van der Waals surface area contributed by atoms with Gasteiger partial charge in [0.2, 0.25) is 0 Å². The van der Waals surface area contributed by atoms with E-state index in [-0.39, 0.29) is 11.8 Å². The van der Waals surface area contributed by atoms with E-state index in [1.54, 1.807) is 36.5 Å². The predicted octanol–water partition coefficient (Wildman–Crippen LogP) is 1.95. The molecule has 1 aromatic carbocycles. The number of methoxy groups -OCH3 is 1. The second-order valence-corrected chi connectivity index (χ2v) is 5.25. The summed E-state index contributed by atoms with van der Waals surface area (Å²) in [6.45, 7) is 2.80. The van der Waals surface area contributed by atoms with Gasteiger partial charge in [0.1, 0.15) is 5.75 Å². The number of hydrogen-bond acceptors (Lipinski definition) is 4. The molecule has 1 heterocycles. The van der Waals surface area contributed by atoms with Gasteiger partial charge < -0.3 is 15.4 Å². The minimum atomic E-state index is -0.193. The highest BCUT2D eigenvalue weighted by molar-refractivity contribution is 5.97. The van der Waals surface area contributed by atoms with Gasteiger partial charge in [-0.3, -0.25) is 14.6 Å². The molecule has 0 unspecified atom stereocenters. The van der Waals surface area contributed by atoms with Gasteiger partial charge in [0.15, 0.2) is 0 Å². The number of rotatable bonds is 7. The summed E-state index contributed by atoms with van der Waals surface area (Å²) in [5.41, 5.74) is 1.89. The standard InChI is InChI=1S/C18H21N3O3/c1-13-8-9-14(12-21-13)17(22)19-10-5-11-20-18(23)15-6-3-4-7-16(15)24-2/h3-4,6-9,12H,5,10-11H2,1-2H3,(H,19,22)(H,20,23). The Hall–Kier alpha value is -2.89. The number of carbonyl (C=O) groups is 2. The molecule has 6 nitrogen and oxygen atoms in total. The van der Waals surface area contributed by atoms with Crippen LogP contribution in [0.3, 0.4) is 0 Å². The van der Waals surface area contributed by atoms with Crippen LogP contribution in [0.5, 0.6) is 5.75 Å². The Kier molecular flexibility index (Phi) is 6.31. The van der Waals surface area contributed by atoms with Gasteiger partial charge in [0.25, 0.3) is 11.8 Å². The van der Waals surface area contributed by atoms with Gasteiger partial charge in [0, 0.05) is 25.0 Å². The summed E-state index contributed by atoms with van der Waals surface area (Å²) < 4.78 is 5.16. The Bertz CT molecular complexity index is 699. The third-order valence-corrected chi connectivity index (χ3v) is 3.45. The third-order valence-electron chi connectivity index (χ3n) is 3.45. The minimum absolute atomic E-state index is 0.168. The van der Waals surface area contributed by atoms with E-state index in [0.717, 1.165) is 5.69 Å². The zero-order valence-corrected chi connectivity index (χ0v) is 13.8. The van der Waals surface area contributed by atoms with Gasteiger partial charge in [-0.2, -0.15) is 0 Å². The number of aromatic nitrogens is 1. The molecule has 0 aliphatic rings. The average Bonchev–Trinajstić information content (AvgIpc) is 2.61. The van der Waals surface area contributed by atoms with E-state index in [4.69, 9.17) is 4.74 Å². The largest absolute Gasteiger partial charge is 0.496 e. The first-order valence-electron chi connectivity index (χ1n) is 7.74. The molecule has 2 rings (SSSR count). The lowest BCUT2D eigenvalue weighted by molar-refractivity contribution is 0.0949. The van der Waals surface area contributed by atoms with Gasteiger partial charge in [-0.05, 0) is 37.6 Å². The van der Waals surface area contributed by atoms with Crippen LogP contribution in [-0.2, 0) is 0 Å². The Labute approximate surface area is 141 Å². The van der Waals surface area contributed by atoms with E-state index < -0.39 is 0 Å². The Morgan fingerprint density at radius 1 is 1.04 bits per heavy atom. The van der Waals surface area contributed by atoms with E-state index in [1.165, 1.54) is 7.11 Å². The number of ether oxygens (including phenoxy) is 1. The summed E-state index contributed by atoms with van der Waals surface area (Å²) in [6, 6.07) is 10.6. The second kappa shape index (κ2) is 8.67. The minimum Gasteiger partial charge on any atom is -0.496 e. The van der Waals surface area contributed by atoms with Gasteiger partial charge in [-0.15, -0.1) is 0 Å². The average molecular weight is 327 g/mol. The van der Waals surface area contributed by atoms with E-state index in [1.807, 2.05) is 13.0 Å². The molecule has 0 atom stereocenters. The number of carbonyl (C=O) groups excluding carboxylic acids is 2. The first kappa shape index (κ1) is 17.5. The molecule has 0 fully saturated rings. The van der Waals surface area contributed by atoms with Crippen molar-refractivity contribution in [1.29, 1.82) is 0 Å². The van der Waals surface area contributed by atoms with Crippen LogP contribution >= 0.6 is 0 Å². The lowest BCUT2D eigenvalue weighted by Crippen LogP contribution is -2.30. The molecule has 2 aromatic rings. The van der Waals surface area contributed by atoms with E-state index in [0.29, 0.717) is 36.4 Å². The highest BCUT2D eigenvalue weighted by atomic mass is 16.5. The van der Waals surface area contributed by atoms with Crippen LogP contribution in [0, 0.1) is 6.92 Å². The first-order valence-corrected chi connectivity index (χ1v) is 7.74. The summed E-state index contributed by atoms with van der Waals surface area (Å²) in [4.78, 5) is 28.1. The van der Waals surface area contributed by atoms with Crippen molar-refractivity contribution in [2.45, 2.75) is 13.3 Å². The molecule has 0 saturated carbocycles. The molecule has 24 heavy (non-hydrogen) atoms. The molecule has 0 saturated heterocycles. The van der Waals surface area contributed by atoms with Crippen molar-refractivity contribution in [3.63, 3.8) is 0 Å². The van der Waals surface area contributed by atoms with Crippen molar-refractivity contribution in [2.75, 3.05) is 20.2 Å². The Balaban J connectivity index is 1.72. The number of pyridine rings is 1. The summed E-state index contributed by atoms with van der Waals surface area (Å²) in [6.07, 6.45) is 2.18. The lowest BCUT2D eigenvalue weighted by atomic mass is 10.2. The van der Waals surface area contributed by atoms with Crippen LogP contribution in [0.15, 0.2) is 42.6 Å². The van der Waals surface area contributed by atoms with E-state index >= 15 is 0 Å². The summed E-state index contributed by atoms with van der Waals surface area (Å²) in [5.74, 6) is 0.176. The fraction of sp³-hybridized carbons (Fsp3) is 0.278. The first-order chi connectivity index (χ1) is 11.6. The number of amides is 2. The zero-order valence-electron chi connectivity index (χ0n) is 13.8. The molecule has 126 valence electrons. The van der Waals surface area contributed by atoms with Crippen molar-refractivity contribution in [3.8, 4) is 5.75 Å². The maximum Gasteiger partial charge on any atom is 0.255 e. The molecular weight excluding hydrogens is 306 g/mol. The maximum atomic E-state index is 12.1. The smallest absolute Gasteiger partial charge is 0.255 e. The van der Waals surface area contributed by atoms with Crippen molar-refractivity contribution in [1.82, 2.24) is 15.6 Å². The molecule has 6 heteroatoms. The monoisotopic (exact) mass is 327 g/mol. The quantitative estimate of drug-likeness (QED) is 0.762. The van der Waals surface area contributed by atoms with Gasteiger partial charge in [-0.1, -0.05) is 12.1 Å². The fourth-order valence-corrected chi connectivity index (χ4v) is 2.12. The molecular formula is C18H21N3O3. The fourth-order valence-electron chi connectivity index (χ4n) is 2.12. The van der Waals surface area contributed by atoms with Crippen LogP contribution in [0.4, 0.5) is 0 Å². The van der Waals surface area contributed by atoms with Crippen LogP contribution in [0.25, 0.3) is 0 Å². The van der Waals surface area contributed by atoms with E-state index in [9.17, 15) is 9.59 Å². The van der Waals surface area contributed by atoms with Crippen molar-refractivity contribution < 1.29 is 14.3 Å². The molecule has 0 bridgehead atoms. The summed E-state index contributed by atoms with van der Waals surface area (Å²) in [5, 5.41) is 5.61. The molecule has 2 amide bonds. The second-order valence-electron chi connectivity index (χ2n) is 5.25. The Morgan fingerprint density at radius 3 is 2.42 bits per heavy atom. The molecule has 0 aliphatic carbocycles. The number of aryl methyl sites for hydroxylation is 1. The number of nitrogens with zero attached hydrogens (tertiary/aromatic N) is 1. The molecule has 1 aromatic heterocycles. The summed E-state index contributed by atoms with van der Waals surface area (Å²) in [7, 11) is 1.53. The zero-order chi connectivity index (χ0) is 17.4. The number of hydrogen-bond donors (Lipinski definition) is 2. The topological polar surface area (TPSA) is 80.3 Å². The molecule has 2 N–H and O–H groups in total. The van der Waals surface area contributed by atoms with Crippen molar-refractivity contribution in [3.05, 3.63) is 59.4 Å². The third kappa shape index (κ3) is 4.81. The normalized spacial score (nSPS) is 10.1. The highest BCUT2D eigenvalue weighted by Gasteiger charge is 2.10. The molecule has 0 spiro atoms. The van der Waals surface area contributed by atoms with Crippen LogP contribution < -0.4 is 15.4 Å². The van der Waals surface area contributed by atoms with Gasteiger partial charge in [-0.25, -0.2) is 0 Å². The number of para-hydroxylation sites is 1. The SMILES string of the molecule is COc1ccccc1C(=O)NCCCNC(=O)c1ccc(C)nc1. The Morgan fingerprint density at radius 2 is 1.75 bits per heavy atom. The van der Waals surface area contributed by atoms with Crippen molar-refractivity contribution in [2.24, 2.45) is 0 Å². The van der Waals surface area contributed by atoms with Crippen LogP contribution in [0.2, 0.25) is 0 Å². The molecule has 0 radical (unpaired) electrons. The van der Waals surface area contributed by atoms with E-state index in [2.05, 4.69) is 15.6 Å². The van der Waals surface area contributed by atoms with Crippen LogP contribution in [0.1, 0.15) is 32.8 Å². The molecule has 0 aliphatic heterocycles. The van der Waals surface area contributed by atoms with Gasteiger partial charge >= 0.3 is 0 Å². The lowest BCUT2D eigenvalue weighted by Gasteiger charge is -2.09. The number of benzene rings is 1. The number of nitrogens with one attached hydrogen (secondary N) is 2. The maximum absolute atomic E-state index is 12.1. The highest BCUT2D eigenvalue weighted by Crippen LogP contribution is 2.16. The predicted molar refractivity (Wildman–Crippen MR) is 91.3 cm³/mol.